The molecule has 20 heavy (non-hydrogen) atoms. The fourth-order valence-corrected chi connectivity index (χ4v) is 2.15. The summed E-state index contributed by atoms with van der Waals surface area (Å²) in [5.41, 5.74) is 7.34. The van der Waals surface area contributed by atoms with Gasteiger partial charge in [-0.2, -0.15) is 0 Å². The highest BCUT2D eigenvalue weighted by Gasteiger charge is 2.46. The minimum absolute atomic E-state index is 0.0574. The van der Waals surface area contributed by atoms with Crippen molar-refractivity contribution in [2.24, 2.45) is 5.73 Å². The molecule has 0 spiro atoms. The molecule has 0 bridgehead atoms. The molecule has 0 saturated heterocycles. The highest BCUT2D eigenvalue weighted by Crippen LogP contribution is 2.33. The highest BCUT2D eigenvalue weighted by atomic mass is 16.2. The van der Waals surface area contributed by atoms with E-state index in [9.17, 15) is 4.79 Å². The van der Waals surface area contributed by atoms with Crippen LogP contribution in [0, 0.1) is 0 Å². The van der Waals surface area contributed by atoms with Crippen molar-refractivity contribution < 1.29 is 4.79 Å². The van der Waals surface area contributed by atoms with Crippen LogP contribution < -0.4 is 11.1 Å². The van der Waals surface area contributed by atoms with Crippen molar-refractivity contribution in [1.29, 1.82) is 0 Å². The first-order chi connectivity index (χ1) is 9.58. The van der Waals surface area contributed by atoms with Gasteiger partial charge in [0.25, 0.3) is 0 Å². The minimum Gasteiger partial charge on any atom is -0.348 e. The summed E-state index contributed by atoms with van der Waals surface area (Å²) in [5.74, 6) is -0.0574. The summed E-state index contributed by atoms with van der Waals surface area (Å²) in [6.45, 7) is 1.97. The third-order valence-corrected chi connectivity index (χ3v) is 3.76. The van der Waals surface area contributed by atoms with Crippen LogP contribution >= 0.6 is 0 Å². The summed E-state index contributed by atoms with van der Waals surface area (Å²) in [5, 5.41) is 2.98. The first kappa shape index (κ1) is 12.9. The molecule has 1 aliphatic carbocycles. The van der Waals surface area contributed by atoms with Crippen LogP contribution in [0.5, 0.6) is 0 Å². The van der Waals surface area contributed by atoms with E-state index in [1.54, 1.807) is 12.5 Å². The number of nitrogens with two attached hydrogens (primary N) is 1. The Morgan fingerprint density at radius 1 is 1.50 bits per heavy atom. The maximum absolute atomic E-state index is 12.0. The molecule has 3 rings (SSSR count). The number of nitrogens with zero attached hydrogens (tertiary/aromatic N) is 2. The summed E-state index contributed by atoms with van der Waals surface area (Å²) in [7, 11) is 0. The van der Waals surface area contributed by atoms with Gasteiger partial charge in [-0.05, 0) is 37.5 Å². The average molecular weight is 270 g/mol. The van der Waals surface area contributed by atoms with Crippen LogP contribution in [-0.2, 0) is 4.79 Å². The molecule has 1 aliphatic rings. The molecule has 1 amide bonds. The first-order valence-corrected chi connectivity index (χ1v) is 6.77. The third kappa shape index (κ3) is 2.44. The number of hydrogen-bond donors (Lipinski definition) is 2. The molecule has 0 aliphatic heterocycles. The van der Waals surface area contributed by atoms with Crippen LogP contribution in [0.15, 0.2) is 43.0 Å². The number of hydrogen-bond acceptors (Lipinski definition) is 3. The van der Waals surface area contributed by atoms with E-state index in [2.05, 4.69) is 10.3 Å². The van der Waals surface area contributed by atoms with Crippen LogP contribution in [0.2, 0.25) is 0 Å². The molecule has 1 heterocycles. The van der Waals surface area contributed by atoms with Crippen molar-refractivity contribution in [2.75, 3.05) is 0 Å². The second kappa shape index (κ2) is 4.76. The topological polar surface area (TPSA) is 72.9 Å². The zero-order valence-electron chi connectivity index (χ0n) is 11.4. The quantitative estimate of drug-likeness (QED) is 0.885. The zero-order chi connectivity index (χ0) is 14.2. The largest absolute Gasteiger partial charge is 0.348 e. The normalized spacial score (nSPS) is 17.5. The Balaban J connectivity index is 1.76. The lowest BCUT2D eigenvalue weighted by Crippen LogP contribution is -2.43. The number of nitrogens with one attached hydrogen (secondary N) is 1. The molecule has 1 atom stereocenters. The van der Waals surface area contributed by atoms with Gasteiger partial charge in [-0.1, -0.05) is 12.1 Å². The van der Waals surface area contributed by atoms with Crippen molar-refractivity contribution >= 4 is 5.91 Å². The van der Waals surface area contributed by atoms with E-state index in [1.807, 2.05) is 42.0 Å². The van der Waals surface area contributed by atoms with Crippen LogP contribution in [0.1, 0.15) is 31.4 Å². The fraction of sp³-hybridized carbons (Fsp3) is 0.333. The number of aromatic nitrogens is 2. The van der Waals surface area contributed by atoms with E-state index in [0.717, 1.165) is 24.1 Å². The predicted octanol–water partition coefficient (Wildman–Crippen LogP) is 1.54. The Labute approximate surface area is 117 Å². The molecule has 5 nitrogen and oxygen atoms in total. The zero-order valence-corrected chi connectivity index (χ0v) is 11.4. The van der Waals surface area contributed by atoms with Gasteiger partial charge in [0, 0.05) is 18.1 Å². The summed E-state index contributed by atoms with van der Waals surface area (Å²) in [6.07, 6.45) is 6.94. The summed E-state index contributed by atoms with van der Waals surface area (Å²) < 4.78 is 1.93. The van der Waals surface area contributed by atoms with E-state index in [4.69, 9.17) is 5.73 Å². The van der Waals surface area contributed by atoms with Crippen molar-refractivity contribution in [2.45, 2.75) is 31.3 Å². The summed E-state index contributed by atoms with van der Waals surface area (Å²) >= 11 is 0. The molecule has 1 unspecified atom stereocenters. The van der Waals surface area contributed by atoms with Gasteiger partial charge < -0.3 is 15.6 Å². The molecule has 1 aromatic heterocycles. The second-order valence-corrected chi connectivity index (χ2v) is 5.42. The highest BCUT2D eigenvalue weighted by molar-refractivity contribution is 5.89. The lowest BCUT2D eigenvalue weighted by atomic mass is 10.1. The van der Waals surface area contributed by atoms with Gasteiger partial charge in [0.05, 0.1) is 17.9 Å². The van der Waals surface area contributed by atoms with Crippen molar-refractivity contribution in [3.63, 3.8) is 0 Å². The van der Waals surface area contributed by atoms with Crippen molar-refractivity contribution in [1.82, 2.24) is 14.9 Å². The van der Waals surface area contributed by atoms with E-state index in [0.29, 0.717) is 0 Å². The van der Waals surface area contributed by atoms with Gasteiger partial charge in [0.2, 0.25) is 5.91 Å². The van der Waals surface area contributed by atoms with Crippen LogP contribution in [0.4, 0.5) is 0 Å². The fourth-order valence-electron chi connectivity index (χ4n) is 2.15. The molecule has 1 aromatic carbocycles. The summed E-state index contributed by atoms with van der Waals surface area (Å²) in [4.78, 5) is 16.0. The van der Waals surface area contributed by atoms with Crippen LogP contribution in [-0.4, -0.2) is 21.0 Å². The standard InChI is InChI=1S/C15H18N4O/c1-11(18-14(20)15(16)5-6-15)12-3-2-4-13(9-12)19-8-7-17-10-19/h2-4,7-11H,5-6,16H2,1H3,(H,18,20). The summed E-state index contributed by atoms with van der Waals surface area (Å²) in [6, 6.07) is 7.96. The van der Waals surface area contributed by atoms with E-state index in [-0.39, 0.29) is 11.9 Å². The SMILES string of the molecule is CC(NC(=O)C1(N)CC1)c1cccc(-n2ccnc2)c1. The van der Waals surface area contributed by atoms with Crippen LogP contribution in [0.3, 0.4) is 0 Å². The molecule has 1 fully saturated rings. The number of benzene rings is 1. The Morgan fingerprint density at radius 3 is 2.95 bits per heavy atom. The Morgan fingerprint density at radius 2 is 2.30 bits per heavy atom. The van der Waals surface area contributed by atoms with E-state index >= 15 is 0 Å². The van der Waals surface area contributed by atoms with Gasteiger partial charge in [0.1, 0.15) is 0 Å². The molecule has 3 N–H and O–H groups in total. The Kier molecular flexibility index (Phi) is 3.06. The molecular weight excluding hydrogens is 252 g/mol. The smallest absolute Gasteiger partial charge is 0.240 e. The van der Waals surface area contributed by atoms with Crippen molar-refractivity contribution in [3.8, 4) is 5.69 Å². The molecule has 0 radical (unpaired) electrons. The lowest BCUT2D eigenvalue weighted by molar-refractivity contribution is -0.123. The number of carbonyl (C=O) groups excluding carboxylic acids is 1. The third-order valence-electron chi connectivity index (χ3n) is 3.76. The van der Waals surface area contributed by atoms with E-state index in [1.165, 1.54) is 0 Å². The Bertz CT molecular complexity index is 617. The minimum atomic E-state index is -0.629. The van der Waals surface area contributed by atoms with Crippen molar-refractivity contribution in [3.05, 3.63) is 48.5 Å². The molecule has 5 heteroatoms. The maximum atomic E-state index is 12.0. The lowest BCUT2D eigenvalue weighted by Gasteiger charge is -2.18. The number of imidazole rings is 1. The predicted molar refractivity (Wildman–Crippen MR) is 76.3 cm³/mol. The Hall–Kier alpha value is -2.14. The molecule has 104 valence electrons. The van der Waals surface area contributed by atoms with Gasteiger partial charge in [-0.15, -0.1) is 0 Å². The number of carbonyl (C=O) groups is 1. The average Bonchev–Trinajstić information content (AvgIpc) is 3.00. The molecule has 1 saturated carbocycles. The second-order valence-electron chi connectivity index (χ2n) is 5.42. The van der Waals surface area contributed by atoms with Gasteiger partial charge in [0.15, 0.2) is 0 Å². The molecular formula is C15H18N4O. The first-order valence-electron chi connectivity index (χ1n) is 6.77. The number of rotatable bonds is 4. The number of amides is 1. The van der Waals surface area contributed by atoms with Gasteiger partial charge >= 0.3 is 0 Å². The monoisotopic (exact) mass is 270 g/mol. The van der Waals surface area contributed by atoms with Gasteiger partial charge in [-0.3, -0.25) is 4.79 Å². The molecule has 2 aromatic rings. The van der Waals surface area contributed by atoms with Gasteiger partial charge in [-0.25, -0.2) is 4.98 Å². The van der Waals surface area contributed by atoms with Crippen LogP contribution in [0.25, 0.3) is 5.69 Å². The van der Waals surface area contributed by atoms with E-state index < -0.39 is 5.54 Å². The maximum Gasteiger partial charge on any atom is 0.240 e.